The molecule has 0 bridgehead atoms. The molecular weight excluding hydrogens is 350 g/mol. The number of hydrogen-bond donors (Lipinski definition) is 1. The number of ether oxygens (including phenoxy) is 2. The lowest BCUT2D eigenvalue weighted by Gasteiger charge is -2.38. The number of carbonyl (C=O) groups excluding carboxylic acids is 2. The molecule has 1 amide bonds. The first-order valence-electron chi connectivity index (χ1n) is 8.45. The van der Waals surface area contributed by atoms with Crippen LogP contribution in [0.1, 0.15) is 28.8 Å². The summed E-state index contributed by atoms with van der Waals surface area (Å²) in [4.78, 5) is 39.1. The third kappa shape index (κ3) is 3.23. The number of esters is 1. The van der Waals surface area contributed by atoms with Crippen LogP contribution in [0.15, 0.2) is 48.5 Å². The summed E-state index contributed by atoms with van der Waals surface area (Å²) in [7, 11) is 1.51. The second kappa shape index (κ2) is 7.49. The summed E-state index contributed by atoms with van der Waals surface area (Å²) >= 11 is 0. The van der Waals surface area contributed by atoms with Crippen molar-refractivity contribution in [3.8, 4) is 5.75 Å². The second-order valence-corrected chi connectivity index (χ2v) is 5.97. The van der Waals surface area contributed by atoms with Crippen LogP contribution in [0.2, 0.25) is 0 Å². The quantitative estimate of drug-likeness (QED) is 0.814. The molecule has 1 N–H and O–H groups in total. The second-order valence-electron chi connectivity index (χ2n) is 5.97. The van der Waals surface area contributed by atoms with Gasteiger partial charge in [-0.25, -0.2) is 4.79 Å². The Balaban J connectivity index is 2.19. The fraction of sp³-hybridized carbons (Fsp3) is 0.250. The lowest BCUT2D eigenvalue weighted by Crippen LogP contribution is -2.55. The molecule has 27 heavy (non-hydrogen) atoms. The minimum absolute atomic E-state index is 0.0773. The van der Waals surface area contributed by atoms with E-state index in [2.05, 4.69) is 0 Å². The fourth-order valence-electron chi connectivity index (χ4n) is 3.30. The topological polar surface area (TPSA) is 93.1 Å². The number of carbonyl (C=O) groups is 3. The maximum atomic E-state index is 13.2. The van der Waals surface area contributed by atoms with Gasteiger partial charge < -0.3 is 14.6 Å². The van der Waals surface area contributed by atoms with E-state index in [1.54, 1.807) is 55.5 Å². The van der Waals surface area contributed by atoms with Crippen molar-refractivity contribution in [1.82, 2.24) is 0 Å². The van der Waals surface area contributed by atoms with Crippen LogP contribution in [0, 0.1) is 0 Å². The van der Waals surface area contributed by atoms with E-state index in [1.165, 1.54) is 12.0 Å². The Morgan fingerprint density at radius 3 is 2.37 bits per heavy atom. The summed E-state index contributed by atoms with van der Waals surface area (Å²) < 4.78 is 10.2. The summed E-state index contributed by atoms with van der Waals surface area (Å²) in [6, 6.07) is 11.6. The van der Waals surface area contributed by atoms with E-state index in [4.69, 9.17) is 9.47 Å². The Morgan fingerprint density at radius 2 is 1.78 bits per heavy atom. The lowest BCUT2D eigenvalue weighted by atomic mass is 9.82. The van der Waals surface area contributed by atoms with E-state index >= 15 is 0 Å². The maximum absolute atomic E-state index is 13.2. The van der Waals surface area contributed by atoms with Gasteiger partial charge in [0.25, 0.3) is 5.91 Å². The minimum Gasteiger partial charge on any atom is -0.497 e. The molecule has 0 aromatic heterocycles. The Labute approximate surface area is 156 Å². The van der Waals surface area contributed by atoms with Crippen LogP contribution in [0.4, 0.5) is 5.69 Å². The smallest absolute Gasteiger partial charge is 0.330 e. The van der Waals surface area contributed by atoms with E-state index in [0.29, 0.717) is 17.0 Å². The zero-order valence-electron chi connectivity index (χ0n) is 14.9. The van der Waals surface area contributed by atoms with Gasteiger partial charge in [0.05, 0.1) is 13.7 Å². The van der Waals surface area contributed by atoms with Crippen molar-refractivity contribution in [3.05, 3.63) is 59.7 Å². The van der Waals surface area contributed by atoms with Gasteiger partial charge >= 0.3 is 11.9 Å². The molecule has 0 saturated carbocycles. The van der Waals surface area contributed by atoms with Gasteiger partial charge in [-0.1, -0.05) is 18.2 Å². The molecule has 0 fully saturated rings. The first-order chi connectivity index (χ1) is 13.0. The third-order valence-electron chi connectivity index (χ3n) is 4.48. The molecule has 2 unspecified atom stereocenters. The number of carboxylic acid groups (broad SMARTS) is 1. The van der Waals surface area contributed by atoms with Crippen molar-refractivity contribution >= 4 is 23.5 Å². The summed E-state index contributed by atoms with van der Waals surface area (Å²) in [5, 5.41) is 9.84. The predicted octanol–water partition coefficient (Wildman–Crippen LogP) is 2.46. The molecule has 0 aliphatic carbocycles. The Morgan fingerprint density at radius 1 is 1.11 bits per heavy atom. The first-order valence-corrected chi connectivity index (χ1v) is 8.45. The molecule has 7 nitrogen and oxygen atoms in total. The molecule has 0 radical (unpaired) electrons. The summed E-state index contributed by atoms with van der Waals surface area (Å²) in [5.41, 5.74) is 0.943. The number of methoxy groups -OCH3 is 1. The SMILES string of the molecule is CCOC(=O)C1C(C(=O)O)c2ccccc2C(=O)N1c1ccc(OC)cc1. The molecule has 1 heterocycles. The lowest BCUT2D eigenvalue weighted by molar-refractivity contribution is -0.150. The fourth-order valence-corrected chi connectivity index (χ4v) is 3.30. The number of carboxylic acids is 1. The van der Waals surface area contributed by atoms with Crippen LogP contribution in [-0.4, -0.2) is 42.7 Å². The highest BCUT2D eigenvalue weighted by atomic mass is 16.5. The van der Waals surface area contributed by atoms with Crippen molar-refractivity contribution < 1.29 is 29.0 Å². The summed E-state index contributed by atoms with van der Waals surface area (Å²) in [6.45, 7) is 1.71. The molecule has 0 saturated heterocycles. The average molecular weight is 369 g/mol. The van der Waals surface area contributed by atoms with Gasteiger partial charge in [0.1, 0.15) is 11.7 Å². The van der Waals surface area contributed by atoms with Crippen molar-refractivity contribution in [2.75, 3.05) is 18.6 Å². The van der Waals surface area contributed by atoms with Crippen molar-refractivity contribution in [2.45, 2.75) is 18.9 Å². The standard InChI is InChI=1S/C20H19NO6/c1-3-27-20(25)17-16(19(23)24)14-6-4-5-7-15(14)18(22)21(17)12-8-10-13(26-2)11-9-12/h4-11,16-17H,3H2,1-2H3,(H,23,24). The molecule has 7 heteroatoms. The number of nitrogens with zero attached hydrogens (tertiary/aromatic N) is 1. The molecule has 3 rings (SSSR count). The van der Waals surface area contributed by atoms with E-state index in [-0.39, 0.29) is 12.2 Å². The van der Waals surface area contributed by atoms with Gasteiger partial charge in [0, 0.05) is 11.3 Å². The highest BCUT2D eigenvalue weighted by molar-refractivity contribution is 6.14. The summed E-state index contributed by atoms with van der Waals surface area (Å²) in [5.74, 6) is -3.08. The van der Waals surface area contributed by atoms with Gasteiger partial charge in [-0.15, -0.1) is 0 Å². The van der Waals surface area contributed by atoms with E-state index in [1.807, 2.05) is 0 Å². The Hall–Kier alpha value is -3.35. The number of amides is 1. The average Bonchev–Trinajstić information content (AvgIpc) is 2.68. The van der Waals surface area contributed by atoms with Crippen LogP contribution in [0.25, 0.3) is 0 Å². The molecule has 2 aromatic carbocycles. The monoisotopic (exact) mass is 369 g/mol. The van der Waals surface area contributed by atoms with Gasteiger partial charge in [-0.3, -0.25) is 14.5 Å². The molecular formula is C20H19NO6. The molecule has 140 valence electrons. The van der Waals surface area contributed by atoms with Gasteiger partial charge in [0.2, 0.25) is 0 Å². The number of hydrogen-bond acceptors (Lipinski definition) is 5. The van der Waals surface area contributed by atoms with Gasteiger partial charge in [-0.2, -0.15) is 0 Å². The van der Waals surface area contributed by atoms with E-state index < -0.39 is 29.8 Å². The Bertz CT molecular complexity index is 876. The van der Waals surface area contributed by atoms with Gasteiger partial charge in [-0.05, 0) is 42.8 Å². The number of benzene rings is 2. The first kappa shape index (κ1) is 18.4. The predicted molar refractivity (Wildman–Crippen MR) is 97.0 cm³/mol. The maximum Gasteiger partial charge on any atom is 0.330 e. The highest BCUT2D eigenvalue weighted by Gasteiger charge is 2.48. The van der Waals surface area contributed by atoms with Crippen molar-refractivity contribution in [1.29, 1.82) is 0 Å². The van der Waals surface area contributed by atoms with E-state index in [0.717, 1.165) is 0 Å². The number of rotatable bonds is 5. The zero-order chi connectivity index (χ0) is 19.6. The number of aliphatic carboxylic acids is 1. The third-order valence-corrected chi connectivity index (χ3v) is 4.48. The largest absolute Gasteiger partial charge is 0.497 e. The molecule has 0 spiro atoms. The molecule has 1 aliphatic rings. The summed E-state index contributed by atoms with van der Waals surface area (Å²) in [6.07, 6.45) is 0. The normalized spacial score (nSPS) is 18.6. The van der Waals surface area contributed by atoms with Gasteiger partial charge in [0.15, 0.2) is 6.04 Å². The number of fused-ring (bicyclic) bond motifs is 1. The Kier molecular flexibility index (Phi) is 5.12. The van der Waals surface area contributed by atoms with Crippen LogP contribution in [0.3, 0.4) is 0 Å². The van der Waals surface area contributed by atoms with Crippen LogP contribution in [0.5, 0.6) is 5.75 Å². The molecule has 2 aromatic rings. The van der Waals surface area contributed by atoms with Crippen molar-refractivity contribution in [3.63, 3.8) is 0 Å². The van der Waals surface area contributed by atoms with Crippen LogP contribution < -0.4 is 9.64 Å². The highest BCUT2D eigenvalue weighted by Crippen LogP contribution is 2.37. The molecule has 1 aliphatic heterocycles. The zero-order valence-corrected chi connectivity index (χ0v) is 14.9. The van der Waals surface area contributed by atoms with Crippen LogP contribution >= 0.6 is 0 Å². The van der Waals surface area contributed by atoms with Crippen molar-refractivity contribution in [2.24, 2.45) is 0 Å². The number of anilines is 1. The van der Waals surface area contributed by atoms with E-state index in [9.17, 15) is 19.5 Å². The molecule has 2 atom stereocenters. The minimum atomic E-state index is -1.31. The van der Waals surface area contributed by atoms with Crippen LogP contribution in [-0.2, 0) is 14.3 Å².